The molecule has 21 heteroatoms. The molecule has 2 heterocycles. The molecule has 1 aromatic rings. The van der Waals surface area contributed by atoms with E-state index < -0.39 is 83.7 Å². The van der Waals surface area contributed by atoms with Crippen LogP contribution in [0.3, 0.4) is 0 Å². The van der Waals surface area contributed by atoms with Crippen molar-refractivity contribution in [3.05, 3.63) is 108 Å². The molecule has 0 radical (unpaired) electrons. The van der Waals surface area contributed by atoms with Crippen molar-refractivity contribution in [3.63, 3.8) is 0 Å². The van der Waals surface area contributed by atoms with Gasteiger partial charge in [-0.2, -0.15) is 9.29 Å². The highest BCUT2D eigenvalue weighted by atomic mass is 31.3. The van der Waals surface area contributed by atoms with Gasteiger partial charge in [0.05, 0.1) is 19.3 Å². The smallest absolute Gasteiger partial charge is 0.462 e. The highest BCUT2D eigenvalue weighted by Crippen LogP contribution is 2.60. The summed E-state index contributed by atoms with van der Waals surface area (Å²) in [6, 6.07) is 1.24. The van der Waals surface area contributed by atoms with Gasteiger partial charge in [-0.25, -0.2) is 13.9 Å². The molecule has 1 saturated heterocycles. The van der Waals surface area contributed by atoms with Crippen LogP contribution in [0.4, 0.5) is 5.82 Å². The molecule has 0 aliphatic carbocycles. The van der Waals surface area contributed by atoms with Gasteiger partial charge >= 0.3 is 33.3 Å². The molecule has 0 bridgehead atoms. The summed E-state index contributed by atoms with van der Waals surface area (Å²) in [5.74, 6) is -1.44. The highest BCUT2D eigenvalue weighted by molar-refractivity contribution is 7.61. The van der Waals surface area contributed by atoms with Crippen molar-refractivity contribution in [2.75, 3.05) is 25.6 Å². The quantitative estimate of drug-likeness (QED) is 0.0155. The zero-order valence-electron chi connectivity index (χ0n) is 41.4. The zero-order valence-corrected chi connectivity index (χ0v) is 43.1. The van der Waals surface area contributed by atoms with E-state index in [2.05, 4.69) is 77.0 Å². The van der Waals surface area contributed by atoms with Crippen molar-refractivity contribution in [2.45, 2.75) is 173 Å². The van der Waals surface area contributed by atoms with E-state index in [-0.39, 0.29) is 24.8 Å². The normalized spacial score (nSPS) is 20.3. The first-order valence-electron chi connectivity index (χ1n) is 24.7. The van der Waals surface area contributed by atoms with Crippen LogP contribution in [0.5, 0.6) is 0 Å². The molecule has 7 N–H and O–H groups in total. The number of nitrogens with two attached hydrogens (primary N) is 1. The van der Waals surface area contributed by atoms with Crippen LogP contribution in [-0.2, 0) is 46.3 Å². The predicted molar refractivity (Wildman–Crippen MR) is 271 cm³/mol. The van der Waals surface area contributed by atoms with Crippen LogP contribution in [0.1, 0.15) is 142 Å². The van der Waals surface area contributed by atoms with E-state index >= 15 is 0 Å². The summed E-state index contributed by atoms with van der Waals surface area (Å²) < 4.78 is 56.6. The molecule has 71 heavy (non-hydrogen) atoms. The second kappa shape index (κ2) is 37.6. The molecule has 1 fully saturated rings. The summed E-state index contributed by atoms with van der Waals surface area (Å²) in [6.07, 6.45) is 36.2. The number of hydrogen-bond donors (Lipinski definition) is 6. The monoisotopic (exact) mass is 1040 g/mol. The molecule has 1 aromatic heterocycles. The van der Waals surface area contributed by atoms with Gasteiger partial charge < -0.3 is 45.1 Å². The molecule has 0 aromatic carbocycles. The van der Waals surface area contributed by atoms with Crippen molar-refractivity contribution in [3.8, 4) is 0 Å². The Balaban J connectivity index is 1.86. The number of aliphatic hydroxyl groups is 3. The Hall–Kier alpha value is -4.10. The Labute approximate surface area is 419 Å². The van der Waals surface area contributed by atoms with Crippen molar-refractivity contribution in [1.29, 1.82) is 0 Å². The maximum absolute atomic E-state index is 12.8. The SMILES string of the molecule is CCCCC/C=C\C/C=C\C/C=C\CCCCC(=O)OC[C@H](COP(=O)(O)OP(=O)(O)OC[C@H]1O[C@@H](n2ccc(N)nc2=O)[C@H](O)[C@@H]1O)OC(=O)CCC/C=C\C/C=C\C/C=C\C/C=C\CC[C@H](O)CC. The minimum absolute atomic E-state index is 0.0520. The topological polar surface area (TPSA) is 286 Å². The van der Waals surface area contributed by atoms with Gasteiger partial charge in [0.1, 0.15) is 30.7 Å². The van der Waals surface area contributed by atoms with Crippen LogP contribution in [0.2, 0.25) is 0 Å². The molecule has 19 nitrogen and oxygen atoms in total. The zero-order chi connectivity index (χ0) is 52.2. The van der Waals surface area contributed by atoms with Gasteiger partial charge in [0.15, 0.2) is 12.3 Å². The summed E-state index contributed by atoms with van der Waals surface area (Å²) in [4.78, 5) is 61.8. The fraction of sp³-hybridized carbons (Fsp3) is 0.600. The summed E-state index contributed by atoms with van der Waals surface area (Å²) in [5, 5.41) is 30.5. The third-order valence-electron chi connectivity index (χ3n) is 10.6. The lowest BCUT2D eigenvalue weighted by atomic mass is 10.1. The number of nitrogens with zero attached hydrogens (tertiary/aromatic N) is 2. The molecule has 2 rings (SSSR count). The Morgan fingerprint density at radius 3 is 1.82 bits per heavy atom. The van der Waals surface area contributed by atoms with Crippen molar-refractivity contribution >= 4 is 33.4 Å². The number of carbonyl (C=O) groups excluding carboxylic acids is 2. The molecule has 8 atom stereocenters. The van der Waals surface area contributed by atoms with Crippen LogP contribution in [0.25, 0.3) is 0 Å². The molecular weight excluding hydrogens is 961 g/mol. The number of esters is 2. The van der Waals surface area contributed by atoms with E-state index in [1.165, 1.54) is 25.3 Å². The number of phosphoric ester groups is 2. The predicted octanol–water partition coefficient (Wildman–Crippen LogP) is 8.86. The van der Waals surface area contributed by atoms with E-state index in [0.717, 1.165) is 68.6 Å². The van der Waals surface area contributed by atoms with Gasteiger partial charge in [0, 0.05) is 19.0 Å². The fourth-order valence-electron chi connectivity index (χ4n) is 6.58. The number of unbranched alkanes of at least 4 members (excludes halogenated alkanes) is 6. The lowest BCUT2D eigenvalue weighted by molar-refractivity contribution is -0.161. The number of phosphoric acid groups is 2. The average Bonchev–Trinajstić information content (AvgIpc) is 3.61. The Kier molecular flexibility index (Phi) is 33.4. The van der Waals surface area contributed by atoms with E-state index in [1.807, 2.05) is 31.2 Å². The number of aromatic nitrogens is 2. The largest absolute Gasteiger partial charge is 0.481 e. The molecule has 1 aliphatic rings. The van der Waals surface area contributed by atoms with Gasteiger partial charge in [0.25, 0.3) is 0 Å². The first-order chi connectivity index (χ1) is 34.1. The van der Waals surface area contributed by atoms with Gasteiger partial charge in [-0.3, -0.25) is 23.2 Å². The third-order valence-corrected chi connectivity index (χ3v) is 13.2. The molecule has 400 valence electrons. The lowest BCUT2D eigenvalue weighted by Gasteiger charge is -2.21. The minimum Gasteiger partial charge on any atom is -0.462 e. The van der Waals surface area contributed by atoms with Gasteiger partial charge in [-0.15, -0.1) is 0 Å². The summed E-state index contributed by atoms with van der Waals surface area (Å²) >= 11 is 0. The fourth-order valence-corrected chi connectivity index (χ4v) is 8.70. The number of nitrogen functional groups attached to an aromatic ring is 1. The second-order valence-corrected chi connectivity index (χ2v) is 19.8. The highest BCUT2D eigenvalue weighted by Gasteiger charge is 2.46. The van der Waals surface area contributed by atoms with Gasteiger partial charge in [0.2, 0.25) is 0 Å². The molecule has 0 amide bonds. The minimum atomic E-state index is -5.45. The van der Waals surface area contributed by atoms with Crippen LogP contribution < -0.4 is 11.4 Å². The van der Waals surface area contributed by atoms with E-state index in [4.69, 9.17) is 29.0 Å². The first-order valence-corrected chi connectivity index (χ1v) is 27.7. The number of allylic oxidation sites excluding steroid dienone is 14. The number of ether oxygens (including phenoxy) is 3. The Morgan fingerprint density at radius 2 is 1.25 bits per heavy atom. The number of aliphatic hydroxyl groups excluding tert-OH is 3. The molecular formula is C50H79N3O16P2. The van der Waals surface area contributed by atoms with Crippen LogP contribution >= 0.6 is 15.6 Å². The van der Waals surface area contributed by atoms with Crippen molar-refractivity contribution < 1.29 is 71.4 Å². The standard InChI is InChI=1S/C50H79N3O16P2/c1-3-5-6-7-8-9-10-11-12-16-19-22-25-28-31-34-45(55)64-38-42(67-46(56)35-32-29-26-23-20-17-14-13-15-18-21-24-27-30-33-41(54)4-2)39-65-70(60,61)69-71(62,63)66-40-43-47(57)48(58)49(68-43)53-37-36-44(51)52-50(53)59/h8-9,11-12,14-15,17-19,22-24,26-27,36-37,41-43,47-49,54,57-58H,3-7,10,13,16,20-21,25,28-35,38-40H2,1-2H3,(H,60,61)(H,62,63)(H2,51,52,59)/b9-8-,12-11-,17-14-,18-15-,22-19-,26-23-,27-24-/t41-,42-,43-,47-,48-,49-/m1/s1. The Bertz CT molecular complexity index is 2040. The Morgan fingerprint density at radius 1 is 0.732 bits per heavy atom. The third kappa shape index (κ3) is 30.5. The van der Waals surface area contributed by atoms with E-state index in [1.54, 1.807) is 0 Å². The number of rotatable bonds is 39. The van der Waals surface area contributed by atoms with Crippen molar-refractivity contribution in [1.82, 2.24) is 9.55 Å². The average molecular weight is 1040 g/mol. The maximum Gasteiger partial charge on any atom is 0.481 e. The van der Waals surface area contributed by atoms with Gasteiger partial charge in [-0.1, -0.05) is 112 Å². The van der Waals surface area contributed by atoms with E-state index in [0.29, 0.717) is 32.1 Å². The molecule has 1 aliphatic heterocycles. The molecule has 2 unspecified atom stereocenters. The number of carbonyl (C=O) groups is 2. The summed E-state index contributed by atoms with van der Waals surface area (Å²) in [5.41, 5.74) is 4.57. The number of anilines is 1. The van der Waals surface area contributed by atoms with Crippen LogP contribution in [0.15, 0.2) is 102 Å². The first kappa shape index (κ1) is 63.0. The molecule has 0 spiro atoms. The summed E-state index contributed by atoms with van der Waals surface area (Å²) in [7, 11) is -10.9. The van der Waals surface area contributed by atoms with E-state index in [9.17, 15) is 48.6 Å². The van der Waals surface area contributed by atoms with Crippen molar-refractivity contribution in [2.24, 2.45) is 0 Å². The van der Waals surface area contributed by atoms with Crippen LogP contribution in [0, 0.1) is 0 Å². The maximum atomic E-state index is 12.8. The lowest BCUT2D eigenvalue weighted by Crippen LogP contribution is -2.36. The second-order valence-electron chi connectivity index (χ2n) is 16.7. The number of hydrogen-bond acceptors (Lipinski definition) is 16. The van der Waals surface area contributed by atoms with Gasteiger partial charge in [-0.05, 0) is 102 Å². The summed E-state index contributed by atoms with van der Waals surface area (Å²) in [6.45, 7) is 1.73. The molecule has 0 saturated carbocycles. The van der Waals surface area contributed by atoms with Crippen LogP contribution in [-0.4, -0.2) is 96.9 Å².